The van der Waals surface area contributed by atoms with E-state index in [0.717, 1.165) is 15.8 Å². The average molecular weight is 668 g/mol. The normalized spacial score (nSPS) is 22.4. The van der Waals surface area contributed by atoms with Crippen molar-refractivity contribution in [1.82, 2.24) is 15.2 Å². The number of esters is 1. The van der Waals surface area contributed by atoms with Gasteiger partial charge in [-0.25, -0.2) is 4.79 Å². The highest BCUT2D eigenvalue weighted by Crippen LogP contribution is 2.51. The molecule has 3 aliphatic rings. The molecular weight excluding hydrogens is 638 g/mol. The molecule has 248 valence electrons. The monoisotopic (exact) mass is 667 g/mol. The number of rotatable bonds is 7. The number of H-pyrrole nitrogens is 1. The molecule has 4 atom stereocenters. The van der Waals surface area contributed by atoms with Crippen LogP contribution in [0.25, 0.3) is 10.9 Å². The second-order valence-corrected chi connectivity index (χ2v) is 12.9. The predicted molar refractivity (Wildman–Crippen MR) is 178 cm³/mol. The van der Waals surface area contributed by atoms with Gasteiger partial charge >= 0.3 is 11.9 Å². The number of benzene rings is 4. The Morgan fingerprint density at radius 2 is 1.48 bits per heavy atom. The van der Waals surface area contributed by atoms with Crippen LogP contribution in [0.2, 0.25) is 0 Å². The molecule has 0 spiro atoms. The summed E-state index contributed by atoms with van der Waals surface area (Å²) in [5.41, 5.74) is 1.81. The van der Waals surface area contributed by atoms with Gasteiger partial charge < -0.3 is 14.8 Å². The molecule has 8 rings (SSSR count). The van der Waals surface area contributed by atoms with Gasteiger partial charge in [0.2, 0.25) is 11.8 Å². The molecule has 2 aliphatic heterocycles. The number of fused-ring (bicyclic) bond motifs is 4. The number of carbonyl (C=O) groups excluding carboxylic acids is 5. The molecule has 2 saturated heterocycles. The Hall–Kier alpha value is -6.20. The van der Waals surface area contributed by atoms with Crippen molar-refractivity contribution in [3.05, 3.63) is 142 Å². The largest absolute Gasteiger partial charge is 0.480 e. The Morgan fingerprint density at radius 3 is 2.18 bits per heavy atom. The number of nitrogens with zero attached hydrogens (tertiary/aromatic N) is 1. The number of aromatic nitrogens is 1. The van der Waals surface area contributed by atoms with Crippen molar-refractivity contribution < 1.29 is 38.6 Å². The molecule has 1 aliphatic carbocycles. The first kappa shape index (κ1) is 31.1. The average Bonchev–Trinajstić information content (AvgIpc) is 3.78. The van der Waals surface area contributed by atoms with Crippen molar-refractivity contribution in [2.45, 2.75) is 24.5 Å². The summed E-state index contributed by atoms with van der Waals surface area (Å²) < 4.78 is 4.82. The smallest absolute Gasteiger partial charge is 0.337 e. The number of aliphatic carboxylic acids is 1. The summed E-state index contributed by atoms with van der Waals surface area (Å²) in [6.45, 7) is -0.224. The molecule has 2 amide bonds. The zero-order valence-electron chi connectivity index (χ0n) is 26.6. The third-order valence-electron chi connectivity index (χ3n) is 10.3. The van der Waals surface area contributed by atoms with E-state index in [-0.39, 0.29) is 46.8 Å². The van der Waals surface area contributed by atoms with E-state index in [9.17, 15) is 33.9 Å². The summed E-state index contributed by atoms with van der Waals surface area (Å²) in [5.74, 6) is -6.08. The molecule has 1 aromatic heterocycles. The third kappa shape index (κ3) is 4.54. The van der Waals surface area contributed by atoms with Gasteiger partial charge in [-0.15, -0.1) is 0 Å². The number of hydrogen-bond donors (Lipinski definition) is 3. The van der Waals surface area contributed by atoms with Crippen LogP contribution in [0.1, 0.15) is 64.9 Å². The second-order valence-electron chi connectivity index (χ2n) is 12.9. The lowest BCUT2D eigenvalue weighted by atomic mass is 9.76. The number of carboxylic acids is 1. The van der Waals surface area contributed by atoms with E-state index in [1.165, 1.54) is 31.4 Å². The fourth-order valence-electron chi connectivity index (χ4n) is 7.89. The standard InChI is InChI=1S/C39H29N3O8/c1-50-37(47)22-13-11-21(12-14-22)32-30-31(39(41-32,38(48)49)17-23-18-40-29-9-5-4-6-24(23)29)36(46)42(35(30)45)19-20-10-15-27-28(16-20)34(44)26-8-3-2-7-25(26)33(27)43/h2-16,18,30-32,40-41H,17,19H2,1H3,(H,48,49). The quantitative estimate of drug-likeness (QED) is 0.167. The zero-order chi connectivity index (χ0) is 34.9. The van der Waals surface area contributed by atoms with E-state index in [4.69, 9.17) is 4.74 Å². The van der Waals surface area contributed by atoms with Gasteiger partial charge in [0.1, 0.15) is 5.54 Å². The van der Waals surface area contributed by atoms with Crippen LogP contribution in [0.15, 0.2) is 97.2 Å². The lowest BCUT2D eigenvalue weighted by Gasteiger charge is -2.31. The summed E-state index contributed by atoms with van der Waals surface area (Å²) in [6.07, 6.45) is 1.61. The maximum absolute atomic E-state index is 14.5. The molecule has 3 N–H and O–H groups in total. The van der Waals surface area contributed by atoms with Crippen LogP contribution < -0.4 is 5.32 Å². The van der Waals surface area contributed by atoms with Crippen LogP contribution in [0.4, 0.5) is 0 Å². The second kappa shape index (κ2) is 11.5. The van der Waals surface area contributed by atoms with Crippen molar-refractivity contribution in [3.63, 3.8) is 0 Å². The minimum atomic E-state index is -1.88. The van der Waals surface area contributed by atoms with Crippen molar-refractivity contribution in [2.24, 2.45) is 11.8 Å². The number of amides is 2. The maximum Gasteiger partial charge on any atom is 0.337 e. The lowest BCUT2D eigenvalue weighted by Crippen LogP contribution is -2.57. The van der Waals surface area contributed by atoms with Crippen LogP contribution in [0.3, 0.4) is 0 Å². The number of para-hydroxylation sites is 1. The molecule has 0 saturated carbocycles. The Morgan fingerprint density at radius 1 is 0.820 bits per heavy atom. The highest BCUT2D eigenvalue weighted by Gasteiger charge is 2.68. The Labute approximate surface area is 284 Å². The van der Waals surface area contributed by atoms with Gasteiger partial charge in [0.05, 0.1) is 31.1 Å². The number of ether oxygens (including phenoxy) is 1. The Balaban J connectivity index is 1.19. The van der Waals surface area contributed by atoms with Gasteiger partial charge in [0, 0.05) is 51.8 Å². The van der Waals surface area contributed by atoms with Crippen LogP contribution in [-0.4, -0.2) is 63.0 Å². The first-order chi connectivity index (χ1) is 24.1. The minimum absolute atomic E-state index is 0.105. The van der Waals surface area contributed by atoms with Gasteiger partial charge in [-0.3, -0.25) is 34.2 Å². The van der Waals surface area contributed by atoms with Gasteiger partial charge in [-0.05, 0) is 47.0 Å². The number of methoxy groups -OCH3 is 1. The number of imide groups is 1. The minimum Gasteiger partial charge on any atom is -0.480 e. The molecule has 11 heteroatoms. The number of carbonyl (C=O) groups is 6. The van der Waals surface area contributed by atoms with Crippen molar-refractivity contribution in [1.29, 1.82) is 0 Å². The van der Waals surface area contributed by atoms with Gasteiger partial charge in [0.15, 0.2) is 11.6 Å². The number of carboxylic acid groups (broad SMARTS) is 1. The summed E-state index contributed by atoms with van der Waals surface area (Å²) in [4.78, 5) is 85.2. The van der Waals surface area contributed by atoms with E-state index in [2.05, 4.69) is 10.3 Å². The molecule has 11 nitrogen and oxygen atoms in total. The fourth-order valence-corrected chi connectivity index (χ4v) is 7.89. The van der Waals surface area contributed by atoms with E-state index >= 15 is 0 Å². The molecule has 0 bridgehead atoms. The Kier molecular flexibility index (Phi) is 7.12. The molecule has 3 heterocycles. The number of nitrogens with one attached hydrogen (secondary N) is 2. The molecular formula is C39H29N3O8. The molecule has 50 heavy (non-hydrogen) atoms. The van der Waals surface area contributed by atoms with Crippen molar-refractivity contribution >= 4 is 46.2 Å². The van der Waals surface area contributed by atoms with Crippen LogP contribution >= 0.6 is 0 Å². The van der Waals surface area contributed by atoms with Gasteiger partial charge in [0.25, 0.3) is 0 Å². The molecule has 2 fully saturated rings. The maximum atomic E-state index is 14.5. The molecule has 4 unspecified atom stereocenters. The summed E-state index contributed by atoms with van der Waals surface area (Å²) in [6, 6.07) is 24.0. The molecule has 0 radical (unpaired) electrons. The first-order valence-corrected chi connectivity index (χ1v) is 16.0. The van der Waals surface area contributed by atoms with Crippen molar-refractivity contribution in [3.8, 4) is 0 Å². The first-order valence-electron chi connectivity index (χ1n) is 16.0. The number of hydrogen-bond acceptors (Lipinski definition) is 8. The van der Waals surface area contributed by atoms with Crippen LogP contribution in [0, 0.1) is 11.8 Å². The predicted octanol–water partition coefficient (Wildman–Crippen LogP) is 4.24. The van der Waals surface area contributed by atoms with E-state index < -0.39 is 47.2 Å². The Bertz CT molecular complexity index is 2310. The lowest BCUT2D eigenvalue weighted by molar-refractivity contribution is -0.151. The number of aromatic amines is 1. The van der Waals surface area contributed by atoms with Crippen LogP contribution in [0.5, 0.6) is 0 Å². The topological polar surface area (TPSA) is 163 Å². The summed E-state index contributed by atoms with van der Waals surface area (Å²) in [7, 11) is 1.26. The van der Waals surface area contributed by atoms with E-state index in [1.54, 1.807) is 48.7 Å². The van der Waals surface area contributed by atoms with E-state index in [0.29, 0.717) is 22.3 Å². The highest BCUT2D eigenvalue weighted by molar-refractivity contribution is 6.28. The summed E-state index contributed by atoms with van der Waals surface area (Å²) in [5, 5.41) is 15.0. The number of ketones is 2. The SMILES string of the molecule is COC(=O)c1ccc(C2NC(Cc3c[nH]c4ccccc34)(C(=O)O)C3C(=O)N(Cc4ccc5c(c4)C(=O)c4ccccc4C5=O)C(=O)C23)cc1. The van der Waals surface area contributed by atoms with Gasteiger partial charge in [-0.2, -0.15) is 0 Å². The van der Waals surface area contributed by atoms with Crippen LogP contribution in [-0.2, 0) is 32.1 Å². The number of likely N-dealkylation sites (tertiary alicyclic amines) is 1. The highest BCUT2D eigenvalue weighted by atomic mass is 16.5. The molecule has 5 aromatic rings. The summed E-state index contributed by atoms with van der Waals surface area (Å²) >= 11 is 0. The molecule has 4 aromatic carbocycles. The van der Waals surface area contributed by atoms with Gasteiger partial charge in [-0.1, -0.05) is 60.7 Å². The van der Waals surface area contributed by atoms with E-state index in [1.807, 2.05) is 24.3 Å². The zero-order valence-corrected chi connectivity index (χ0v) is 26.6. The third-order valence-corrected chi connectivity index (χ3v) is 10.3. The fraction of sp³-hybridized carbons (Fsp3) is 0.179. The van der Waals surface area contributed by atoms with Crippen molar-refractivity contribution in [2.75, 3.05) is 7.11 Å².